The van der Waals surface area contributed by atoms with Crippen molar-refractivity contribution < 1.29 is 69.8 Å². The van der Waals surface area contributed by atoms with E-state index < -0.39 is 23.9 Å². The maximum absolute atomic E-state index is 11.8. The van der Waals surface area contributed by atoms with Gasteiger partial charge in [0.1, 0.15) is 13.2 Å². The molecule has 2 aromatic rings. The van der Waals surface area contributed by atoms with Crippen molar-refractivity contribution in [2.45, 2.75) is 0 Å². The van der Waals surface area contributed by atoms with Crippen LogP contribution in [0.5, 0.6) is 0 Å². The quantitative estimate of drug-likeness (QED) is 0.363. The number of carbonyl (C=O) groups is 4. The number of esters is 2. The van der Waals surface area contributed by atoms with Crippen LogP contribution in [-0.4, -0.2) is 47.3 Å². The van der Waals surface area contributed by atoms with Crippen molar-refractivity contribution in [3.05, 3.63) is 70.8 Å². The first-order chi connectivity index (χ1) is 12.4. The number of aromatic carboxylic acids is 2. The fourth-order valence-corrected chi connectivity index (χ4v) is 1.99. The van der Waals surface area contributed by atoms with Gasteiger partial charge in [-0.15, -0.1) is 0 Å². The number of hydrogen-bond acceptors (Lipinski definition) is 6. The topological polar surface area (TPSA) is 127 Å². The average molecular weight is 382 g/mol. The van der Waals surface area contributed by atoms with Gasteiger partial charge in [0.15, 0.2) is 0 Å². The standard InChI is InChI=1S/C18H14O8.Na.H/c19-15(20)11-3-1-5-13(9-11)17(23)25-7-8-26-18(24)14-6-2-4-12(10-14)16(21)22;;/h1-6,9-10H,7-8H2,(H,19,20)(H,21,22);;/q;+1;-1. The predicted octanol–water partition coefficient (Wildman–Crippen LogP) is -0.787. The van der Waals surface area contributed by atoms with Crippen molar-refractivity contribution in [3.8, 4) is 0 Å². The van der Waals surface area contributed by atoms with Crippen molar-refractivity contribution in [2.75, 3.05) is 13.2 Å². The molecule has 0 saturated carbocycles. The normalized spacial score (nSPS) is 9.63. The Kier molecular flexibility index (Phi) is 8.67. The zero-order chi connectivity index (χ0) is 19.1. The van der Waals surface area contributed by atoms with E-state index in [1.165, 1.54) is 48.5 Å². The van der Waals surface area contributed by atoms with Gasteiger partial charge in [0.05, 0.1) is 22.3 Å². The summed E-state index contributed by atoms with van der Waals surface area (Å²) in [6, 6.07) is 10.7. The van der Waals surface area contributed by atoms with Crippen LogP contribution in [0.3, 0.4) is 0 Å². The van der Waals surface area contributed by atoms with Gasteiger partial charge >= 0.3 is 53.4 Å². The van der Waals surface area contributed by atoms with E-state index in [2.05, 4.69) is 0 Å². The third-order valence-corrected chi connectivity index (χ3v) is 3.24. The zero-order valence-electron chi connectivity index (χ0n) is 15.4. The minimum atomic E-state index is -1.17. The molecule has 0 spiro atoms. The zero-order valence-corrected chi connectivity index (χ0v) is 16.4. The minimum Gasteiger partial charge on any atom is -1.00 e. The molecule has 9 heteroatoms. The van der Waals surface area contributed by atoms with Crippen molar-refractivity contribution in [1.82, 2.24) is 0 Å². The summed E-state index contributed by atoms with van der Waals surface area (Å²) in [5.74, 6) is -3.84. The van der Waals surface area contributed by atoms with Crippen molar-refractivity contribution >= 4 is 23.9 Å². The first-order valence-corrected chi connectivity index (χ1v) is 7.39. The van der Waals surface area contributed by atoms with E-state index >= 15 is 0 Å². The molecule has 2 N–H and O–H groups in total. The molecule has 0 aliphatic carbocycles. The first-order valence-electron chi connectivity index (χ1n) is 7.39. The van der Waals surface area contributed by atoms with E-state index in [9.17, 15) is 19.2 Å². The van der Waals surface area contributed by atoms with Gasteiger partial charge in [0.2, 0.25) is 0 Å². The molecule has 0 atom stereocenters. The molecule has 0 fully saturated rings. The number of carboxylic acids is 2. The molecule has 0 aliphatic heterocycles. The Bertz CT molecular complexity index is 797. The Balaban J connectivity index is 0.00000364. The summed E-state index contributed by atoms with van der Waals surface area (Å²) in [6.45, 7) is -0.471. The molecule has 8 nitrogen and oxygen atoms in total. The summed E-state index contributed by atoms with van der Waals surface area (Å²) >= 11 is 0. The van der Waals surface area contributed by atoms with Gasteiger partial charge in [-0.2, -0.15) is 0 Å². The molecule has 0 heterocycles. The molecular weight excluding hydrogens is 367 g/mol. The molecule has 27 heavy (non-hydrogen) atoms. The number of rotatable bonds is 7. The fraction of sp³-hybridized carbons (Fsp3) is 0.111. The third kappa shape index (κ3) is 6.52. The molecule has 0 unspecified atom stereocenters. The van der Waals surface area contributed by atoms with Crippen molar-refractivity contribution in [3.63, 3.8) is 0 Å². The summed E-state index contributed by atoms with van der Waals surface area (Å²) < 4.78 is 9.82. The number of carboxylic acid groups (broad SMARTS) is 2. The molecule has 136 valence electrons. The van der Waals surface area contributed by atoms with Gasteiger partial charge in [-0.05, 0) is 36.4 Å². The summed E-state index contributed by atoms with van der Waals surface area (Å²) in [4.78, 5) is 45.4. The SMILES string of the molecule is O=C(O)c1cccc(C(=O)OCCOC(=O)c2cccc(C(=O)O)c2)c1.[H-].[Na+]. The monoisotopic (exact) mass is 382 g/mol. The Morgan fingerprint density at radius 2 is 1.04 bits per heavy atom. The van der Waals surface area contributed by atoms with Gasteiger partial charge < -0.3 is 21.1 Å². The summed E-state index contributed by atoms with van der Waals surface area (Å²) in [5, 5.41) is 17.8. The number of benzene rings is 2. The predicted molar refractivity (Wildman–Crippen MR) is 88.5 cm³/mol. The number of ether oxygens (including phenoxy) is 2. The van der Waals surface area contributed by atoms with E-state index in [-0.39, 0.29) is 66.5 Å². The average Bonchev–Trinajstić information content (AvgIpc) is 2.65. The van der Waals surface area contributed by atoms with Crippen LogP contribution in [0.1, 0.15) is 42.9 Å². The molecular formula is C18H15NaO8. The number of hydrogen-bond donors (Lipinski definition) is 2. The van der Waals surface area contributed by atoms with Crippen LogP contribution >= 0.6 is 0 Å². The van der Waals surface area contributed by atoms with Crippen molar-refractivity contribution in [1.29, 1.82) is 0 Å². The van der Waals surface area contributed by atoms with Gasteiger partial charge in [0.25, 0.3) is 0 Å². The van der Waals surface area contributed by atoms with Crippen LogP contribution in [0.2, 0.25) is 0 Å². The van der Waals surface area contributed by atoms with Gasteiger partial charge in [-0.3, -0.25) is 0 Å². The largest absolute Gasteiger partial charge is 1.00 e. The van der Waals surface area contributed by atoms with Gasteiger partial charge in [-0.1, -0.05) is 12.1 Å². The molecule has 0 radical (unpaired) electrons. The third-order valence-electron chi connectivity index (χ3n) is 3.24. The second kappa shape index (κ2) is 10.5. The summed E-state index contributed by atoms with van der Waals surface area (Å²) in [7, 11) is 0. The van der Waals surface area contributed by atoms with Gasteiger partial charge in [-0.25, -0.2) is 19.2 Å². The first kappa shape index (κ1) is 22.4. The molecule has 0 aromatic heterocycles. The summed E-state index contributed by atoms with van der Waals surface area (Å²) in [5.41, 5.74) is 0.0177. The minimum absolute atomic E-state index is 0. The maximum atomic E-state index is 11.8. The Morgan fingerprint density at radius 3 is 1.37 bits per heavy atom. The van der Waals surface area contributed by atoms with Crippen LogP contribution in [0.4, 0.5) is 0 Å². The molecule has 0 saturated heterocycles. The van der Waals surface area contributed by atoms with Crippen LogP contribution in [0.15, 0.2) is 48.5 Å². The molecule has 0 aliphatic rings. The maximum Gasteiger partial charge on any atom is 1.00 e. The Morgan fingerprint density at radius 1 is 0.704 bits per heavy atom. The van der Waals surface area contributed by atoms with E-state index in [1.54, 1.807) is 0 Å². The van der Waals surface area contributed by atoms with E-state index in [0.717, 1.165) is 0 Å². The van der Waals surface area contributed by atoms with E-state index in [4.69, 9.17) is 19.7 Å². The van der Waals surface area contributed by atoms with Crippen LogP contribution < -0.4 is 29.6 Å². The van der Waals surface area contributed by atoms with E-state index in [0.29, 0.717) is 0 Å². The molecule has 2 rings (SSSR count). The fourth-order valence-electron chi connectivity index (χ4n) is 1.99. The van der Waals surface area contributed by atoms with Crippen LogP contribution in [0, 0.1) is 0 Å². The Labute approximate surface area is 177 Å². The molecule has 0 bridgehead atoms. The Hall–Kier alpha value is -2.68. The van der Waals surface area contributed by atoms with E-state index in [1.807, 2.05) is 0 Å². The number of carbonyl (C=O) groups excluding carboxylic acids is 2. The van der Waals surface area contributed by atoms with Crippen LogP contribution in [0.25, 0.3) is 0 Å². The second-order valence-corrected chi connectivity index (χ2v) is 5.04. The van der Waals surface area contributed by atoms with Crippen LogP contribution in [-0.2, 0) is 9.47 Å². The molecule has 0 amide bonds. The van der Waals surface area contributed by atoms with Gasteiger partial charge in [0, 0.05) is 0 Å². The van der Waals surface area contributed by atoms with Crippen molar-refractivity contribution in [2.24, 2.45) is 0 Å². The second-order valence-electron chi connectivity index (χ2n) is 5.04. The molecule has 2 aromatic carbocycles. The summed E-state index contributed by atoms with van der Waals surface area (Å²) in [6.07, 6.45) is 0. The smallest absolute Gasteiger partial charge is 1.00 e.